The van der Waals surface area contributed by atoms with E-state index in [1.807, 2.05) is 6.92 Å². The predicted octanol–water partition coefficient (Wildman–Crippen LogP) is 3.06. The molecule has 3 nitrogen and oxygen atoms in total. The van der Waals surface area contributed by atoms with E-state index in [0.717, 1.165) is 11.8 Å². The summed E-state index contributed by atoms with van der Waals surface area (Å²) in [7, 11) is 1.68. The quantitative estimate of drug-likeness (QED) is 0.675. The summed E-state index contributed by atoms with van der Waals surface area (Å²) in [5, 5.41) is 3.78. The van der Waals surface area contributed by atoms with Crippen molar-refractivity contribution in [3.63, 3.8) is 0 Å². The summed E-state index contributed by atoms with van der Waals surface area (Å²) < 4.78 is 26.8. The van der Waals surface area contributed by atoms with Gasteiger partial charge in [-0.2, -0.15) is 0 Å². The van der Waals surface area contributed by atoms with E-state index < -0.39 is 11.6 Å². The van der Waals surface area contributed by atoms with Crippen molar-refractivity contribution in [1.82, 2.24) is 9.97 Å². The van der Waals surface area contributed by atoms with Gasteiger partial charge in [-0.25, -0.2) is 18.7 Å². The van der Waals surface area contributed by atoms with Crippen LogP contribution in [-0.2, 0) is 0 Å². The van der Waals surface area contributed by atoms with Crippen molar-refractivity contribution < 1.29 is 8.78 Å². The minimum atomic E-state index is -0.931. The van der Waals surface area contributed by atoms with Crippen LogP contribution in [0.3, 0.4) is 0 Å². The molecule has 0 saturated carbocycles. The van der Waals surface area contributed by atoms with E-state index in [-0.39, 0.29) is 5.52 Å². The highest BCUT2D eigenvalue weighted by Gasteiger charge is 2.13. The second-order valence-corrected chi connectivity index (χ2v) is 4.53. The Hall–Kier alpha value is -1.43. The van der Waals surface area contributed by atoms with E-state index in [4.69, 9.17) is 0 Å². The van der Waals surface area contributed by atoms with Gasteiger partial charge in [-0.05, 0) is 17.9 Å². The van der Waals surface area contributed by atoms with Crippen molar-refractivity contribution in [1.29, 1.82) is 0 Å². The number of hydrogen-bond acceptors (Lipinski definition) is 4. The molecule has 17 heavy (non-hydrogen) atoms. The molecular formula is C11H11F2N3S. The molecule has 6 heteroatoms. The zero-order valence-corrected chi connectivity index (χ0v) is 10.2. The summed E-state index contributed by atoms with van der Waals surface area (Å²) in [6, 6.07) is 2.55. The van der Waals surface area contributed by atoms with Gasteiger partial charge < -0.3 is 5.32 Å². The zero-order chi connectivity index (χ0) is 12.4. The first kappa shape index (κ1) is 12.0. The number of rotatable bonds is 3. The molecule has 1 aromatic heterocycles. The molecule has 2 rings (SSSR count). The van der Waals surface area contributed by atoms with Crippen LogP contribution in [0, 0.1) is 11.6 Å². The predicted molar refractivity (Wildman–Crippen MR) is 65.4 cm³/mol. The summed E-state index contributed by atoms with van der Waals surface area (Å²) in [5.74, 6) is -0.555. The number of benzene rings is 1. The second-order valence-electron chi connectivity index (χ2n) is 3.30. The molecule has 0 aliphatic heterocycles. The Morgan fingerprint density at radius 3 is 2.71 bits per heavy atom. The van der Waals surface area contributed by atoms with Crippen molar-refractivity contribution in [2.75, 3.05) is 18.1 Å². The molecule has 0 amide bonds. The zero-order valence-electron chi connectivity index (χ0n) is 9.42. The molecular weight excluding hydrogens is 244 g/mol. The molecule has 0 saturated heterocycles. The van der Waals surface area contributed by atoms with Crippen molar-refractivity contribution in [3.05, 3.63) is 23.8 Å². The van der Waals surface area contributed by atoms with Crippen LogP contribution in [-0.4, -0.2) is 22.8 Å². The Kier molecular flexibility index (Phi) is 3.42. The number of thioether (sulfide) groups is 1. The van der Waals surface area contributed by atoms with E-state index in [9.17, 15) is 8.78 Å². The van der Waals surface area contributed by atoms with Crippen LogP contribution in [0.15, 0.2) is 17.3 Å². The SMILES string of the molecule is CCSc1nc(NC)c2ccc(F)c(F)c2n1. The Morgan fingerprint density at radius 2 is 2.06 bits per heavy atom. The van der Waals surface area contributed by atoms with Crippen LogP contribution in [0.2, 0.25) is 0 Å². The fourth-order valence-electron chi connectivity index (χ4n) is 1.50. The maximum absolute atomic E-state index is 13.6. The third kappa shape index (κ3) is 2.17. The maximum atomic E-state index is 13.6. The van der Waals surface area contributed by atoms with Crippen LogP contribution >= 0.6 is 11.8 Å². The summed E-state index contributed by atoms with van der Waals surface area (Å²) in [6.45, 7) is 1.94. The molecule has 0 atom stereocenters. The van der Waals surface area contributed by atoms with Gasteiger partial charge in [0.25, 0.3) is 0 Å². The van der Waals surface area contributed by atoms with E-state index >= 15 is 0 Å². The number of aromatic nitrogens is 2. The minimum absolute atomic E-state index is 0.0142. The van der Waals surface area contributed by atoms with Crippen LogP contribution in [0.25, 0.3) is 10.9 Å². The lowest BCUT2D eigenvalue weighted by Crippen LogP contribution is -2.00. The van der Waals surface area contributed by atoms with Crippen LogP contribution in [0.4, 0.5) is 14.6 Å². The molecule has 0 radical (unpaired) electrons. The summed E-state index contributed by atoms with van der Waals surface area (Å²) in [6.07, 6.45) is 0. The molecule has 0 spiro atoms. The van der Waals surface area contributed by atoms with Gasteiger partial charge in [-0.1, -0.05) is 18.7 Å². The molecule has 0 aliphatic carbocycles. The van der Waals surface area contributed by atoms with Crippen molar-refractivity contribution in [3.8, 4) is 0 Å². The monoisotopic (exact) mass is 255 g/mol. The molecule has 0 fully saturated rings. The number of nitrogens with one attached hydrogen (secondary N) is 1. The second kappa shape index (κ2) is 4.83. The molecule has 0 bridgehead atoms. The number of anilines is 1. The fourth-order valence-corrected chi connectivity index (χ4v) is 2.07. The van der Waals surface area contributed by atoms with Gasteiger partial charge in [-0.15, -0.1) is 0 Å². The highest BCUT2D eigenvalue weighted by molar-refractivity contribution is 7.99. The molecule has 0 aliphatic rings. The van der Waals surface area contributed by atoms with E-state index in [1.54, 1.807) is 7.05 Å². The first-order chi connectivity index (χ1) is 8.17. The highest BCUT2D eigenvalue weighted by atomic mass is 32.2. The number of nitrogens with zero attached hydrogens (tertiary/aromatic N) is 2. The van der Waals surface area contributed by atoms with Crippen molar-refractivity contribution in [2.45, 2.75) is 12.1 Å². The summed E-state index contributed by atoms with van der Waals surface area (Å²) in [5.41, 5.74) is 0.0142. The molecule has 1 N–H and O–H groups in total. The van der Waals surface area contributed by atoms with Crippen molar-refractivity contribution in [2.24, 2.45) is 0 Å². The minimum Gasteiger partial charge on any atom is -0.372 e. The lowest BCUT2D eigenvalue weighted by atomic mass is 10.2. The Bertz CT molecular complexity index is 560. The van der Waals surface area contributed by atoms with Gasteiger partial charge in [0.05, 0.1) is 0 Å². The van der Waals surface area contributed by atoms with E-state index in [1.165, 1.54) is 17.8 Å². The average Bonchev–Trinajstić information content (AvgIpc) is 2.34. The molecule has 2 aromatic rings. The largest absolute Gasteiger partial charge is 0.372 e. The molecule has 90 valence electrons. The molecule has 1 aromatic carbocycles. The Labute approximate surface area is 102 Å². The summed E-state index contributed by atoms with van der Waals surface area (Å²) in [4.78, 5) is 8.26. The van der Waals surface area contributed by atoms with Gasteiger partial charge in [0.2, 0.25) is 0 Å². The third-order valence-corrected chi connectivity index (χ3v) is 2.98. The smallest absolute Gasteiger partial charge is 0.190 e. The first-order valence-electron chi connectivity index (χ1n) is 5.13. The Morgan fingerprint density at radius 1 is 1.29 bits per heavy atom. The molecule has 0 unspecified atom stereocenters. The number of fused-ring (bicyclic) bond motifs is 1. The average molecular weight is 255 g/mol. The lowest BCUT2D eigenvalue weighted by Gasteiger charge is -2.08. The van der Waals surface area contributed by atoms with Gasteiger partial charge in [0.1, 0.15) is 11.3 Å². The lowest BCUT2D eigenvalue weighted by molar-refractivity contribution is 0.514. The normalized spacial score (nSPS) is 10.8. The van der Waals surface area contributed by atoms with Crippen LogP contribution in [0.5, 0.6) is 0 Å². The van der Waals surface area contributed by atoms with E-state index in [0.29, 0.717) is 16.4 Å². The third-order valence-electron chi connectivity index (χ3n) is 2.25. The Balaban J connectivity index is 2.73. The van der Waals surface area contributed by atoms with Gasteiger partial charge in [0.15, 0.2) is 16.8 Å². The fraction of sp³-hybridized carbons (Fsp3) is 0.273. The highest BCUT2D eigenvalue weighted by Crippen LogP contribution is 2.26. The first-order valence-corrected chi connectivity index (χ1v) is 6.12. The molecule has 1 heterocycles. The van der Waals surface area contributed by atoms with Crippen molar-refractivity contribution >= 4 is 28.5 Å². The van der Waals surface area contributed by atoms with Crippen LogP contribution < -0.4 is 5.32 Å². The topological polar surface area (TPSA) is 37.8 Å². The van der Waals surface area contributed by atoms with E-state index in [2.05, 4.69) is 15.3 Å². The van der Waals surface area contributed by atoms with Gasteiger partial charge in [-0.3, -0.25) is 0 Å². The van der Waals surface area contributed by atoms with Crippen LogP contribution in [0.1, 0.15) is 6.92 Å². The number of hydrogen-bond donors (Lipinski definition) is 1. The number of halogens is 2. The van der Waals surface area contributed by atoms with Gasteiger partial charge >= 0.3 is 0 Å². The standard InChI is InChI=1S/C11H11F2N3S/c1-3-17-11-15-9-6(10(14-2)16-11)4-5-7(12)8(9)13/h4-5H,3H2,1-2H3,(H,14,15,16). The van der Waals surface area contributed by atoms with Gasteiger partial charge in [0, 0.05) is 12.4 Å². The summed E-state index contributed by atoms with van der Waals surface area (Å²) >= 11 is 1.38. The maximum Gasteiger partial charge on any atom is 0.190 e.